The number of hydrogen-bond donors (Lipinski definition) is 4. The van der Waals surface area contributed by atoms with Gasteiger partial charge in [0.25, 0.3) is 0 Å². The van der Waals surface area contributed by atoms with Crippen molar-refractivity contribution in [3.63, 3.8) is 0 Å². The summed E-state index contributed by atoms with van der Waals surface area (Å²) in [6.07, 6.45) is -2.82. The fraction of sp³-hybridized carbons (Fsp3) is 0.421. The fourth-order valence-electron chi connectivity index (χ4n) is 7.98. The first kappa shape index (κ1) is 37.7. The zero-order valence-electron chi connectivity index (χ0n) is 30.1. The second kappa shape index (κ2) is 13.4. The highest BCUT2D eigenvalue weighted by atomic mass is 16.6. The highest BCUT2D eigenvalue weighted by molar-refractivity contribution is 6.08. The van der Waals surface area contributed by atoms with Crippen LogP contribution in [0.2, 0.25) is 0 Å². The van der Waals surface area contributed by atoms with Crippen molar-refractivity contribution >= 4 is 47.0 Å². The third kappa shape index (κ3) is 5.85. The zero-order chi connectivity index (χ0) is 39.6. The third-order valence-corrected chi connectivity index (χ3v) is 10.0. The molecule has 0 aromatic heterocycles. The van der Waals surface area contributed by atoms with Crippen LogP contribution in [0.3, 0.4) is 0 Å². The number of aliphatic hydroxyl groups is 2. The van der Waals surface area contributed by atoms with Gasteiger partial charge < -0.3 is 48.8 Å². The number of rotatable bonds is 7. The van der Waals surface area contributed by atoms with Crippen LogP contribution in [0.1, 0.15) is 65.5 Å². The molecule has 6 atom stereocenters. The standard InChI is InChI=1S/C38H38O16/c1-15-11-23(43)29-33(47)27-25(53-37(29,13-49-17(3)39)35(15)51-19(5)41)9-7-21(31(27)45)22-8-10-26-28(32(22)46)34(48)30-24(44)12-16(2)36(52-20(6)42)38(30,54-26)14-50-18(4)40/h7-10,15-16,35-36,45-48H,11-14H2,1-6H3. The molecule has 2 aliphatic carbocycles. The van der Waals surface area contributed by atoms with Crippen molar-refractivity contribution in [1.82, 2.24) is 0 Å². The number of phenolic OH excluding ortho intramolecular Hbond substituents is 2. The summed E-state index contributed by atoms with van der Waals surface area (Å²) in [6, 6.07) is 5.20. The van der Waals surface area contributed by atoms with Gasteiger partial charge in [0.1, 0.15) is 58.9 Å². The number of Topliss-reactive ketones (excluding diaryl/α,β-unsaturated/α-hetero) is 2. The summed E-state index contributed by atoms with van der Waals surface area (Å²) in [5.74, 6) is -8.76. The largest absolute Gasteiger partial charge is 0.506 e. The predicted octanol–water partition coefficient (Wildman–Crippen LogP) is 3.77. The normalized spacial score (nSPS) is 26.9. The van der Waals surface area contributed by atoms with Crippen molar-refractivity contribution < 1.29 is 77.6 Å². The van der Waals surface area contributed by atoms with Crippen LogP contribution < -0.4 is 9.47 Å². The van der Waals surface area contributed by atoms with E-state index in [9.17, 15) is 49.2 Å². The van der Waals surface area contributed by atoms with E-state index in [0.717, 1.165) is 27.7 Å². The lowest BCUT2D eigenvalue weighted by Crippen LogP contribution is -2.63. The number of ether oxygens (including phenoxy) is 6. The molecule has 4 aliphatic rings. The Morgan fingerprint density at radius 1 is 0.630 bits per heavy atom. The Labute approximate surface area is 307 Å². The maximum atomic E-state index is 13.6. The zero-order valence-corrected chi connectivity index (χ0v) is 30.1. The van der Waals surface area contributed by atoms with Gasteiger partial charge in [-0.2, -0.15) is 0 Å². The van der Waals surface area contributed by atoms with Gasteiger partial charge in [-0.1, -0.05) is 13.8 Å². The topological polar surface area (TPSA) is 239 Å². The van der Waals surface area contributed by atoms with E-state index in [1.54, 1.807) is 13.8 Å². The molecule has 54 heavy (non-hydrogen) atoms. The molecule has 0 spiro atoms. The Morgan fingerprint density at radius 2 is 0.981 bits per heavy atom. The van der Waals surface area contributed by atoms with Crippen molar-refractivity contribution in [2.24, 2.45) is 11.8 Å². The Kier molecular flexibility index (Phi) is 9.36. The first-order valence-electron chi connectivity index (χ1n) is 17.0. The predicted molar refractivity (Wildman–Crippen MR) is 183 cm³/mol. The van der Waals surface area contributed by atoms with Crippen molar-refractivity contribution in [2.45, 2.75) is 77.8 Å². The van der Waals surface area contributed by atoms with Crippen molar-refractivity contribution in [2.75, 3.05) is 13.2 Å². The van der Waals surface area contributed by atoms with Crippen LogP contribution in [0, 0.1) is 11.8 Å². The number of aliphatic hydroxyl groups excluding tert-OH is 2. The van der Waals surface area contributed by atoms with E-state index in [2.05, 4.69) is 0 Å². The highest BCUT2D eigenvalue weighted by Crippen LogP contribution is 2.56. The number of phenols is 2. The lowest BCUT2D eigenvalue weighted by molar-refractivity contribution is -0.178. The van der Waals surface area contributed by atoms with Crippen LogP contribution in [0.5, 0.6) is 23.0 Å². The maximum absolute atomic E-state index is 13.6. The summed E-state index contributed by atoms with van der Waals surface area (Å²) in [5.41, 5.74) is -5.82. The number of hydrogen-bond acceptors (Lipinski definition) is 16. The summed E-state index contributed by atoms with van der Waals surface area (Å²) >= 11 is 0. The van der Waals surface area contributed by atoms with Gasteiger partial charge in [0.15, 0.2) is 23.8 Å². The van der Waals surface area contributed by atoms with Gasteiger partial charge in [0, 0.05) is 63.5 Å². The first-order chi connectivity index (χ1) is 25.3. The van der Waals surface area contributed by atoms with Crippen LogP contribution >= 0.6 is 0 Å². The second-order valence-corrected chi connectivity index (χ2v) is 13.9. The molecule has 286 valence electrons. The number of fused-ring (bicyclic) bond motifs is 4. The number of ketones is 2. The average Bonchev–Trinajstić information content (AvgIpc) is 3.06. The summed E-state index contributed by atoms with van der Waals surface area (Å²) in [7, 11) is 0. The minimum atomic E-state index is -1.99. The minimum absolute atomic E-state index is 0.138. The van der Waals surface area contributed by atoms with Gasteiger partial charge in [-0.15, -0.1) is 0 Å². The Balaban J connectivity index is 1.51. The lowest BCUT2D eigenvalue weighted by atomic mass is 9.69. The summed E-state index contributed by atoms with van der Waals surface area (Å²) in [6.45, 7) is 6.52. The molecule has 0 amide bonds. The molecule has 0 radical (unpaired) electrons. The highest BCUT2D eigenvalue weighted by Gasteiger charge is 2.62. The molecular formula is C38H38O16. The lowest BCUT2D eigenvalue weighted by Gasteiger charge is -2.48. The number of benzene rings is 2. The fourth-order valence-corrected chi connectivity index (χ4v) is 7.98. The molecule has 0 saturated heterocycles. The first-order valence-corrected chi connectivity index (χ1v) is 17.0. The van der Waals surface area contributed by atoms with Crippen LogP contribution in [0.15, 0.2) is 35.4 Å². The molecule has 2 aliphatic heterocycles. The van der Waals surface area contributed by atoms with Crippen LogP contribution in [0.25, 0.3) is 22.6 Å². The van der Waals surface area contributed by atoms with E-state index in [1.165, 1.54) is 24.3 Å². The molecule has 16 nitrogen and oxygen atoms in total. The molecule has 0 bridgehead atoms. The third-order valence-electron chi connectivity index (χ3n) is 10.0. The van der Waals surface area contributed by atoms with Gasteiger partial charge in [-0.3, -0.25) is 28.8 Å². The molecule has 2 saturated carbocycles. The van der Waals surface area contributed by atoms with Gasteiger partial charge in [0.05, 0.1) is 11.1 Å². The number of esters is 4. The van der Waals surface area contributed by atoms with E-state index < -0.39 is 118 Å². The average molecular weight is 751 g/mol. The summed E-state index contributed by atoms with van der Waals surface area (Å²) in [5, 5.41) is 46.9. The van der Waals surface area contributed by atoms with Gasteiger partial charge in [-0.05, 0) is 24.3 Å². The van der Waals surface area contributed by atoms with Gasteiger partial charge >= 0.3 is 23.9 Å². The molecule has 16 heteroatoms. The van der Waals surface area contributed by atoms with E-state index in [4.69, 9.17) is 28.4 Å². The summed E-state index contributed by atoms with van der Waals surface area (Å²) < 4.78 is 34.2. The van der Waals surface area contributed by atoms with Crippen LogP contribution in [-0.2, 0) is 47.7 Å². The molecular weight excluding hydrogens is 712 g/mol. The monoisotopic (exact) mass is 750 g/mol. The number of carbonyl (C=O) groups is 6. The molecule has 2 aromatic carbocycles. The number of carbonyl (C=O) groups excluding carboxylic acids is 6. The number of aromatic hydroxyl groups is 2. The van der Waals surface area contributed by atoms with Crippen molar-refractivity contribution in [3.05, 3.63) is 46.5 Å². The smallest absolute Gasteiger partial charge is 0.303 e. The quantitative estimate of drug-likeness (QED) is 0.233. The van der Waals surface area contributed by atoms with Crippen LogP contribution in [-0.4, -0.2) is 92.5 Å². The van der Waals surface area contributed by atoms with E-state index in [-0.39, 0.29) is 46.6 Å². The SMILES string of the molecule is CC(=O)OCC12Oc3ccc(-c4ccc5c(c4O)C(O)=C4C(=O)CC(C)C(OC(C)=O)C4(COC(C)=O)O5)c(O)c3C(O)=C1C(=O)CC(C)C2OC(C)=O. The van der Waals surface area contributed by atoms with E-state index in [1.807, 2.05) is 0 Å². The van der Waals surface area contributed by atoms with Gasteiger partial charge in [-0.25, -0.2) is 0 Å². The van der Waals surface area contributed by atoms with E-state index in [0.29, 0.717) is 0 Å². The Morgan fingerprint density at radius 3 is 1.30 bits per heavy atom. The van der Waals surface area contributed by atoms with Crippen molar-refractivity contribution in [1.29, 1.82) is 0 Å². The molecule has 6 rings (SSSR count). The Hall–Kier alpha value is -6.06. The second-order valence-electron chi connectivity index (χ2n) is 13.9. The molecule has 2 aromatic rings. The van der Waals surface area contributed by atoms with Gasteiger partial charge in [0.2, 0.25) is 11.2 Å². The van der Waals surface area contributed by atoms with Crippen molar-refractivity contribution in [3.8, 4) is 34.1 Å². The minimum Gasteiger partial charge on any atom is -0.506 e. The Bertz CT molecular complexity index is 1950. The molecule has 2 heterocycles. The van der Waals surface area contributed by atoms with Crippen LogP contribution in [0.4, 0.5) is 0 Å². The summed E-state index contributed by atoms with van der Waals surface area (Å²) in [4.78, 5) is 75.4. The molecule has 6 unspecified atom stereocenters. The molecule has 4 N–H and O–H groups in total. The van der Waals surface area contributed by atoms with E-state index >= 15 is 0 Å². The maximum Gasteiger partial charge on any atom is 0.303 e. The molecule has 2 fully saturated rings.